The Morgan fingerprint density at radius 1 is 1.03 bits per heavy atom. The minimum atomic E-state index is -0.725. The molecule has 1 aliphatic rings. The first-order chi connectivity index (χ1) is 15.5. The molecule has 0 saturated heterocycles. The summed E-state index contributed by atoms with van der Waals surface area (Å²) in [6, 6.07) is 19.1. The van der Waals surface area contributed by atoms with Crippen LogP contribution in [0.4, 0.5) is 0 Å². The first-order valence-corrected chi connectivity index (χ1v) is 11.1. The second kappa shape index (κ2) is 9.77. The van der Waals surface area contributed by atoms with E-state index in [1.165, 1.54) is 6.42 Å². The lowest BCUT2D eigenvalue weighted by molar-refractivity contribution is -0.125. The molecule has 166 valence electrons. The average Bonchev–Trinajstić information content (AvgIpc) is 3.27. The van der Waals surface area contributed by atoms with Gasteiger partial charge in [0.15, 0.2) is 12.4 Å². The largest absolute Gasteiger partial charge is 0.450 e. The van der Waals surface area contributed by atoms with Gasteiger partial charge in [0.2, 0.25) is 0 Å². The van der Waals surface area contributed by atoms with Crippen LogP contribution < -0.4 is 5.32 Å². The fourth-order valence-corrected chi connectivity index (χ4v) is 4.15. The maximum Gasteiger partial charge on any atom is 0.378 e. The van der Waals surface area contributed by atoms with Crippen molar-refractivity contribution >= 4 is 11.9 Å². The summed E-state index contributed by atoms with van der Waals surface area (Å²) < 4.78 is 6.85. The third-order valence-corrected chi connectivity index (χ3v) is 6.21. The Balaban J connectivity index is 1.47. The van der Waals surface area contributed by atoms with Crippen molar-refractivity contribution in [3.8, 4) is 17.1 Å². The maximum atomic E-state index is 12.6. The number of amides is 1. The van der Waals surface area contributed by atoms with Gasteiger partial charge in [0.25, 0.3) is 11.7 Å². The number of para-hydroxylation sites is 1. The predicted molar refractivity (Wildman–Crippen MR) is 121 cm³/mol. The zero-order valence-corrected chi connectivity index (χ0v) is 18.4. The highest BCUT2D eigenvalue weighted by atomic mass is 16.5. The molecule has 1 aromatic heterocycles. The highest BCUT2D eigenvalue weighted by Gasteiger charge is 2.28. The molecule has 1 N–H and O–H groups in total. The number of hydrogen-bond acceptors (Lipinski definition) is 5. The van der Waals surface area contributed by atoms with Crippen LogP contribution in [0.3, 0.4) is 0 Å². The van der Waals surface area contributed by atoms with Crippen molar-refractivity contribution in [3.05, 3.63) is 66.5 Å². The topological polar surface area (TPSA) is 86.1 Å². The van der Waals surface area contributed by atoms with Crippen molar-refractivity contribution in [3.63, 3.8) is 0 Å². The van der Waals surface area contributed by atoms with E-state index in [0.29, 0.717) is 17.7 Å². The van der Waals surface area contributed by atoms with Gasteiger partial charge in [-0.05, 0) is 30.4 Å². The molecule has 32 heavy (non-hydrogen) atoms. The van der Waals surface area contributed by atoms with E-state index in [4.69, 9.17) is 4.74 Å². The molecule has 0 spiro atoms. The SMILES string of the molecule is C[C@H]1[C@H](C)CCC[C@@H]1NC(=O)COC(=O)c1nc(-c2ccccc2)n(-c2ccccc2)n1. The van der Waals surface area contributed by atoms with Gasteiger partial charge < -0.3 is 10.1 Å². The van der Waals surface area contributed by atoms with E-state index >= 15 is 0 Å². The lowest BCUT2D eigenvalue weighted by Gasteiger charge is -2.34. The highest BCUT2D eigenvalue weighted by molar-refractivity contribution is 5.88. The molecule has 1 fully saturated rings. The molecule has 3 atom stereocenters. The molecule has 0 radical (unpaired) electrons. The number of benzene rings is 2. The number of nitrogens with zero attached hydrogens (tertiary/aromatic N) is 3. The van der Waals surface area contributed by atoms with E-state index in [2.05, 4.69) is 29.2 Å². The third-order valence-electron chi connectivity index (χ3n) is 6.21. The van der Waals surface area contributed by atoms with Crippen molar-refractivity contribution in [2.24, 2.45) is 11.8 Å². The first-order valence-electron chi connectivity index (χ1n) is 11.1. The monoisotopic (exact) mass is 432 g/mol. The summed E-state index contributed by atoms with van der Waals surface area (Å²) >= 11 is 0. The van der Waals surface area contributed by atoms with Crippen LogP contribution in [0.25, 0.3) is 17.1 Å². The number of esters is 1. The molecule has 0 aliphatic heterocycles. The van der Waals surface area contributed by atoms with Gasteiger partial charge in [-0.25, -0.2) is 14.5 Å². The second-order valence-corrected chi connectivity index (χ2v) is 8.39. The van der Waals surface area contributed by atoms with Gasteiger partial charge >= 0.3 is 5.97 Å². The molecule has 7 heteroatoms. The van der Waals surface area contributed by atoms with E-state index in [1.54, 1.807) is 4.68 Å². The number of rotatable bonds is 6. The Morgan fingerprint density at radius 3 is 2.44 bits per heavy atom. The van der Waals surface area contributed by atoms with Gasteiger partial charge in [0.1, 0.15) is 0 Å². The summed E-state index contributed by atoms with van der Waals surface area (Å²) in [5.74, 6) is 0.393. The summed E-state index contributed by atoms with van der Waals surface area (Å²) in [6.07, 6.45) is 3.23. The van der Waals surface area contributed by atoms with Crippen molar-refractivity contribution in [2.75, 3.05) is 6.61 Å². The normalized spacial score (nSPS) is 20.5. The van der Waals surface area contributed by atoms with E-state index in [9.17, 15) is 9.59 Å². The molecule has 4 rings (SSSR count). The Morgan fingerprint density at radius 2 is 1.72 bits per heavy atom. The molecule has 0 unspecified atom stereocenters. The lowest BCUT2D eigenvalue weighted by Crippen LogP contribution is -2.45. The summed E-state index contributed by atoms with van der Waals surface area (Å²) in [5.41, 5.74) is 1.59. The highest BCUT2D eigenvalue weighted by Crippen LogP contribution is 2.29. The van der Waals surface area contributed by atoms with Gasteiger partial charge in [-0.2, -0.15) is 0 Å². The van der Waals surface area contributed by atoms with Crippen molar-refractivity contribution < 1.29 is 14.3 Å². The minimum absolute atomic E-state index is 0.0832. The molecule has 2 aromatic carbocycles. The Kier molecular flexibility index (Phi) is 6.63. The predicted octanol–water partition coefficient (Wildman–Crippen LogP) is 4.03. The molecule has 0 bridgehead atoms. The van der Waals surface area contributed by atoms with E-state index < -0.39 is 5.97 Å². The van der Waals surface area contributed by atoms with Gasteiger partial charge in [-0.3, -0.25) is 4.79 Å². The second-order valence-electron chi connectivity index (χ2n) is 8.39. The van der Waals surface area contributed by atoms with Crippen LogP contribution in [0.5, 0.6) is 0 Å². The zero-order valence-electron chi connectivity index (χ0n) is 18.4. The van der Waals surface area contributed by atoms with Gasteiger partial charge in [-0.15, -0.1) is 5.10 Å². The minimum Gasteiger partial charge on any atom is -0.450 e. The smallest absolute Gasteiger partial charge is 0.378 e. The summed E-state index contributed by atoms with van der Waals surface area (Å²) in [6.45, 7) is 4.02. The van der Waals surface area contributed by atoms with Gasteiger partial charge in [0.05, 0.1) is 5.69 Å². The molecule has 7 nitrogen and oxygen atoms in total. The number of hydrogen-bond donors (Lipinski definition) is 1. The van der Waals surface area contributed by atoms with Crippen molar-refractivity contribution in [2.45, 2.75) is 39.2 Å². The zero-order chi connectivity index (χ0) is 22.5. The van der Waals surface area contributed by atoms with Crippen LogP contribution in [0.1, 0.15) is 43.7 Å². The van der Waals surface area contributed by atoms with E-state index in [-0.39, 0.29) is 24.4 Å². The molecular weight excluding hydrogens is 404 g/mol. The van der Waals surface area contributed by atoms with Crippen molar-refractivity contribution in [1.82, 2.24) is 20.1 Å². The van der Waals surface area contributed by atoms with Crippen LogP contribution in [0.2, 0.25) is 0 Å². The van der Waals surface area contributed by atoms with Crippen LogP contribution >= 0.6 is 0 Å². The lowest BCUT2D eigenvalue weighted by atomic mass is 9.78. The van der Waals surface area contributed by atoms with Gasteiger partial charge in [-0.1, -0.05) is 75.2 Å². The molecular formula is C25H28N4O3. The number of carbonyl (C=O) groups is 2. The quantitative estimate of drug-likeness (QED) is 0.595. The number of carbonyl (C=O) groups excluding carboxylic acids is 2. The molecule has 1 heterocycles. The van der Waals surface area contributed by atoms with Gasteiger partial charge in [0, 0.05) is 11.6 Å². The summed E-state index contributed by atoms with van der Waals surface area (Å²) in [5, 5.41) is 7.38. The maximum absolute atomic E-state index is 12.6. The van der Waals surface area contributed by atoms with Crippen LogP contribution in [-0.4, -0.2) is 39.3 Å². The molecule has 1 saturated carbocycles. The number of aromatic nitrogens is 3. The standard InChI is InChI=1S/C25H28N4O3/c1-17-10-9-15-21(18(17)2)26-22(30)16-32-25(31)23-27-24(19-11-5-3-6-12-19)29(28-23)20-13-7-4-8-14-20/h3-8,11-14,17-18,21H,9-10,15-16H2,1-2H3,(H,26,30)/t17-,18+,21+/m1/s1. The Labute approximate surface area is 187 Å². The Hall–Kier alpha value is -3.48. The summed E-state index contributed by atoms with van der Waals surface area (Å²) in [4.78, 5) is 29.4. The third kappa shape index (κ3) is 4.88. The van der Waals surface area contributed by atoms with Crippen LogP contribution in [0.15, 0.2) is 60.7 Å². The molecule has 1 aliphatic carbocycles. The van der Waals surface area contributed by atoms with E-state index in [1.807, 2.05) is 60.7 Å². The van der Waals surface area contributed by atoms with E-state index in [0.717, 1.165) is 24.1 Å². The number of nitrogens with one attached hydrogen (secondary N) is 1. The Bertz CT molecular complexity index is 1010. The fourth-order valence-electron chi connectivity index (χ4n) is 4.15. The average molecular weight is 433 g/mol. The molecule has 3 aromatic rings. The van der Waals surface area contributed by atoms with Crippen molar-refractivity contribution in [1.29, 1.82) is 0 Å². The fraction of sp³-hybridized carbons (Fsp3) is 0.360. The van der Waals surface area contributed by atoms with Crippen LogP contribution in [0, 0.1) is 11.8 Å². The number of ether oxygens (including phenoxy) is 1. The summed E-state index contributed by atoms with van der Waals surface area (Å²) in [7, 11) is 0. The van der Waals surface area contributed by atoms with Crippen LogP contribution in [-0.2, 0) is 9.53 Å². The molecule has 1 amide bonds. The first kappa shape index (κ1) is 21.7.